The normalized spacial score (nSPS) is 14.2. The maximum absolute atomic E-state index is 12.6. The van der Waals surface area contributed by atoms with Crippen LogP contribution in [0, 0.1) is 0 Å². The highest BCUT2D eigenvalue weighted by Crippen LogP contribution is 2.39. The first-order valence-corrected chi connectivity index (χ1v) is 8.46. The van der Waals surface area contributed by atoms with Gasteiger partial charge in [0, 0.05) is 11.1 Å². The molecule has 0 rings (SSSR count). The molecule has 0 bridgehead atoms. The highest BCUT2D eigenvalue weighted by atomic mass is 31.2. The monoisotopic (exact) mass is 391 g/mol. The molecule has 148 valence electrons. The predicted octanol–water partition coefficient (Wildman–Crippen LogP) is 3.89. The van der Waals surface area contributed by atoms with E-state index in [2.05, 4.69) is 5.32 Å². The number of nitrogens with one attached hydrogen (secondary N) is 1. The third-order valence-electron chi connectivity index (χ3n) is 2.45. The Bertz CT molecular complexity index is 364. The topological polar surface area (TPSA) is 89.8 Å². The van der Waals surface area contributed by atoms with Crippen LogP contribution in [0.5, 0.6) is 0 Å². The number of phosphoric acid groups is 1. The lowest BCUT2D eigenvalue weighted by atomic mass is 9.83. The van der Waals surface area contributed by atoms with Crippen LogP contribution in [0.15, 0.2) is 0 Å². The summed E-state index contributed by atoms with van der Waals surface area (Å²) in [5.41, 5.74) is -2.82. The fraction of sp³-hybridized carbons (Fsp3) is 1.00. The van der Waals surface area contributed by atoms with Gasteiger partial charge in [0.15, 0.2) is 0 Å². The molecule has 0 fully saturated rings. The summed E-state index contributed by atoms with van der Waals surface area (Å²) in [6.07, 6.45) is -12.2. The second-order valence-electron chi connectivity index (χ2n) is 6.50. The Labute approximate surface area is 136 Å². The van der Waals surface area contributed by atoms with E-state index < -0.39 is 44.1 Å². The van der Waals surface area contributed by atoms with E-state index in [-0.39, 0.29) is 12.8 Å². The lowest BCUT2D eigenvalue weighted by Crippen LogP contribution is -2.57. The Morgan fingerprint density at radius 1 is 0.875 bits per heavy atom. The summed E-state index contributed by atoms with van der Waals surface area (Å²) in [6.45, 7) is 6.25. The zero-order valence-electron chi connectivity index (χ0n) is 13.8. The minimum atomic E-state index is -4.64. The lowest BCUT2D eigenvalue weighted by molar-refractivity contribution is -0.185. The highest BCUT2D eigenvalue weighted by molar-refractivity contribution is 7.45. The Balaban J connectivity index is 0. The van der Waals surface area contributed by atoms with Crippen molar-refractivity contribution in [2.45, 2.75) is 76.8 Å². The summed E-state index contributed by atoms with van der Waals surface area (Å²) in [4.78, 5) is 21.6. The van der Waals surface area contributed by atoms with Crippen molar-refractivity contribution in [3.05, 3.63) is 0 Å². The molecule has 0 saturated carbocycles. The van der Waals surface area contributed by atoms with Gasteiger partial charge in [0.1, 0.15) is 0 Å². The molecule has 0 heterocycles. The Kier molecular flexibility index (Phi) is 9.54. The first-order chi connectivity index (χ1) is 10.2. The third-order valence-corrected chi connectivity index (χ3v) is 2.45. The lowest BCUT2D eigenvalue weighted by Gasteiger charge is -2.41. The summed E-state index contributed by atoms with van der Waals surface area (Å²) >= 11 is 0. The summed E-state index contributed by atoms with van der Waals surface area (Å²) in [5, 5.41) is 2.54. The Morgan fingerprint density at radius 3 is 1.33 bits per heavy atom. The molecule has 0 atom stereocenters. The van der Waals surface area contributed by atoms with Crippen LogP contribution in [0.3, 0.4) is 0 Å². The van der Waals surface area contributed by atoms with Crippen molar-refractivity contribution in [2.24, 2.45) is 0 Å². The summed E-state index contributed by atoms with van der Waals surface area (Å²) in [7, 11) is -4.64. The molecular formula is C12H24F6NO4P. The standard InChI is InChI=1S/C12H21F6N.H3O4P/c1-5-6-10(7-11(13,14)15,8-12(16,17)18)19-9(2,3)4;1-5(2,3)4/h19H,5-8H2,1-4H3;(H3,1,2,3,4). The van der Waals surface area contributed by atoms with Crippen molar-refractivity contribution in [2.75, 3.05) is 0 Å². The minimum absolute atomic E-state index is 0.177. The van der Waals surface area contributed by atoms with Gasteiger partial charge in [-0.2, -0.15) is 26.3 Å². The quantitative estimate of drug-likeness (QED) is 0.422. The van der Waals surface area contributed by atoms with Gasteiger partial charge in [0.25, 0.3) is 0 Å². The SMILES string of the molecule is CCCC(CC(F)(F)F)(CC(F)(F)F)NC(C)(C)C.O=P(O)(O)O. The Hall–Kier alpha value is -0.350. The van der Waals surface area contributed by atoms with Gasteiger partial charge in [-0.05, 0) is 27.2 Å². The summed E-state index contributed by atoms with van der Waals surface area (Å²) in [5.74, 6) is 0. The van der Waals surface area contributed by atoms with Crippen LogP contribution >= 0.6 is 7.82 Å². The van der Waals surface area contributed by atoms with Gasteiger partial charge in [-0.3, -0.25) is 0 Å². The van der Waals surface area contributed by atoms with E-state index in [0.717, 1.165) is 0 Å². The summed E-state index contributed by atoms with van der Waals surface area (Å²) in [6, 6.07) is 0. The second kappa shape index (κ2) is 8.84. The molecule has 0 spiro atoms. The van der Waals surface area contributed by atoms with Crippen molar-refractivity contribution in [3.8, 4) is 0 Å². The predicted molar refractivity (Wildman–Crippen MR) is 76.1 cm³/mol. The molecule has 0 aromatic rings. The molecule has 12 heteroatoms. The van der Waals surface area contributed by atoms with E-state index in [9.17, 15) is 26.3 Å². The molecule has 24 heavy (non-hydrogen) atoms. The number of hydrogen-bond donors (Lipinski definition) is 4. The van der Waals surface area contributed by atoms with Gasteiger partial charge in [-0.15, -0.1) is 0 Å². The second-order valence-corrected chi connectivity index (χ2v) is 7.53. The van der Waals surface area contributed by atoms with E-state index >= 15 is 0 Å². The van der Waals surface area contributed by atoms with Crippen LogP contribution in [0.1, 0.15) is 53.4 Å². The summed E-state index contributed by atoms with van der Waals surface area (Å²) < 4.78 is 84.6. The minimum Gasteiger partial charge on any atom is -0.306 e. The molecule has 0 aliphatic heterocycles. The van der Waals surface area contributed by atoms with Crippen molar-refractivity contribution in [1.29, 1.82) is 0 Å². The van der Waals surface area contributed by atoms with Crippen molar-refractivity contribution >= 4 is 7.82 Å². The van der Waals surface area contributed by atoms with Gasteiger partial charge in [0.05, 0.1) is 12.8 Å². The van der Waals surface area contributed by atoms with Crippen LogP contribution < -0.4 is 5.32 Å². The molecule has 0 saturated heterocycles. The maximum Gasteiger partial charge on any atom is 0.466 e. The number of hydrogen-bond acceptors (Lipinski definition) is 2. The molecule has 0 aromatic heterocycles. The first kappa shape index (κ1) is 25.9. The largest absolute Gasteiger partial charge is 0.466 e. The van der Waals surface area contributed by atoms with Crippen LogP contribution in [-0.2, 0) is 4.57 Å². The van der Waals surface area contributed by atoms with Gasteiger partial charge in [0.2, 0.25) is 0 Å². The number of alkyl halides is 6. The maximum atomic E-state index is 12.6. The average molecular weight is 391 g/mol. The fourth-order valence-electron chi connectivity index (χ4n) is 2.43. The van der Waals surface area contributed by atoms with Gasteiger partial charge in [-0.25, -0.2) is 4.57 Å². The van der Waals surface area contributed by atoms with Crippen molar-refractivity contribution in [1.82, 2.24) is 5.32 Å². The van der Waals surface area contributed by atoms with Crippen LogP contribution in [0.4, 0.5) is 26.3 Å². The molecule has 0 aliphatic carbocycles. The van der Waals surface area contributed by atoms with Gasteiger partial charge >= 0.3 is 20.2 Å². The third kappa shape index (κ3) is 19.7. The van der Waals surface area contributed by atoms with E-state index in [1.807, 2.05) is 0 Å². The number of halogens is 6. The highest BCUT2D eigenvalue weighted by Gasteiger charge is 2.49. The van der Waals surface area contributed by atoms with E-state index in [0.29, 0.717) is 0 Å². The van der Waals surface area contributed by atoms with E-state index in [4.69, 9.17) is 19.2 Å². The van der Waals surface area contributed by atoms with Crippen molar-refractivity contribution < 1.29 is 45.6 Å². The molecule has 0 radical (unpaired) electrons. The van der Waals surface area contributed by atoms with Crippen molar-refractivity contribution in [3.63, 3.8) is 0 Å². The van der Waals surface area contributed by atoms with Gasteiger partial charge < -0.3 is 20.0 Å². The molecular weight excluding hydrogens is 367 g/mol. The molecule has 0 unspecified atom stereocenters. The molecule has 0 aromatic carbocycles. The average Bonchev–Trinajstić information content (AvgIpc) is 2.03. The van der Waals surface area contributed by atoms with E-state index in [1.165, 1.54) is 0 Å². The van der Waals surface area contributed by atoms with Crippen LogP contribution in [0.2, 0.25) is 0 Å². The number of rotatable bonds is 5. The molecule has 0 amide bonds. The van der Waals surface area contributed by atoms with E-state index in [1.54, 1.807) is 27.7 Å². The Morgan fingerprint density at radius 2 is 1.17 bits per heavy atom. The smallest absolute Gasteiger partial charge is 0.306 e. The first-order valence-electron chi connectivity index (χ1n) is 6.89. The zero-order valence-corrected chi connectivity index (χ0v) is 14.7. The zero-order chi connectivity index (χ0) is 20.0. The molecule has 0 aliphatic rings. The van der Waals surface area contributed by atoms with Crippen LogP contribution in [0.25, 0.3) is 0 Å². The molecule has 4 N–H and O–H groups in total. The van der Waals surface area contributed by atoms with Gasteiger partial charge in [-0.1, -0.05) is 13.3 Å². The van der Waals surface area contributed by atoms with Crippen LogP contribution in [-0.4, -0.2) is 38.1 Å². The molecule has 5 nitrogen and oxygen atoms in total. The fourth-order valence-corrected chi connectivity index (χ4v) is 2.43.